The van der Waals surface area contributed by atoms with Crippen molar-refractivity contribution in [2.24, 2.45) is 29.4 Å². The lowest BCUT2D eigenvalue weighted by Crippen LogP contribution is -2.48. The highest BCUT2D eigenvalue weighted by atomic mass is 32.2. The van der Waals surface area contributed by atoms with Gasteiger partial charge in [0.25, 0.3) is 0 Å². The summed E-state index contributed by atoms with van der Waals surface area (Å²) < 4.78 is 52.5. The SMILES string of the molecule is N[C@H](CF)C1CCC(C(=O)N2CC[C@@H](C3CCCCC3)[C@H]2C(=O)Cc2ccc(C(=O)CS(=O)(=O)c3ccccc3F)cc2)CC1. The fourth-order valence-electron chi connectivity index (χ4n) is 7.83. The molecule has 3 atom stereocenters. The number of amides is 1. The highest BCUT2D eigenvalue weighted by molar-refractivity contribution is 7.92. The number of sulfone groups is 1. The third kappa shape index (κ3) is 7.71. The molecule has 3 aliphatic rings. The van der Waals surface area contributed by atoms with Crippen molar-refractivity contribution in [1.82, 2.24) is 4.90 Å². The molecule has 1 saturated heterocycles. The quantitative estimate of drug-likeness (QED) is 0.324. The average Bonchev–Trinajstić information content (AvgIpc) is 3.50. The van der Waals surface area contributed by atoms with Crippen molar-refractivity contribution < 1.29 is 31.6 Å². The lowest BCUT2D eigenvalue weighted by Gasteiger charge is -2.37. The van der Waals surface area contributed by atoms with Crippen LogP contribution in [0.1, 0.15) is 80.1 Å². The van der Waals surface area contributed by atoms with Crippen molar-refractivity contribution in [1.29, 1.82) is 0 Å². The normalized spacial score (nSPS) is 25.2. The summed E-state index contributed by atoms with van der Waals surface area (Å²) in [5, 5.41) is 0. The number of carbonyl (C=O) groups excluding carboxylic acids is 3. The molecule has 0 bridgehead atoms. The van der Waals surface area contributed by atoms with Gasteiger partial charge in [0.2, 0.25) is 5.91 Å². The molecule has 5 rings (SSSR count). The van der Waals surface area contributed by atoms with Gasteiger partial charge in [-0.3, -0.25) is 14.4 Å². The Balaban J connectivity index is 1.27. The highest BCUT2D eigenvalue weighted by Crippen LogP contribution is 2.41. The van der Waals surface area contributed by atoms with E-state index in [1.807, 2.05) is 4.90 Å². The van der Waals surface area contributed by atoms with Crippen molar-refractivity contribution in [3.63, 3.8) is 0 Å². The summed E-state index contributed by atoms with van der Waals surface area (Å²) in [6, 6.07) is 10.3. The van der Waals surface area contributed by atoms with E-state index in [0.717, 1.165) is 44.2 Å². The van der Waals surface area contributed by atoms with E-state index in [2.05, 4.69) is 0 Å². The van der Waals surface area contributed by atoms with Crippen LogP contribution in [0, 0.1) is 29.5 Å². The van der Waals surface area contributed by atoms with Crippen molar-refractivity contribution in [2.75, 3.05) is 19.0 Å². The van der Waals surface area contributed by atoms with Gasteiger partial charge in [0, 0.05) is 30.5 Å². The van der Waals surface area contributed by atoms with Crippen LogP contribution in [0.15, 0.2) is 53.4 Å². The van der Waals surface area contributed by atoms with Gasteiger partial charge in [-0.15, -0.1) is 0 Å². The van der Waals surface area contributed by atoms with Crippen LogP contribution in [0.2, 0.25) is 0 Å². The number of likely N-dealkylation sites (tertiary alicyclic amines) is 1. The molecule has 0 unspecified atom stereocenters. The van der Waals surface area contributed by atoms with E-state index in [9.17, 15) is 31.6 Å². The molecule has 244 valence electrons. The smallest absolute Gasteiger partial charge is 0.226 e. The van der Waals surface area contributed by atoms with Crippen LogP contribution >= 0.6 is 0 Å². The topological polar surface area (TPSA) is 115 Å². The van der Waals surface area contributed by atoms with Crippen LogP contribution in [-0.4, -0.2) is 61.8 Å². The number of alkyl halides is 1. The maximum atomic E-state index is 14.1. The molecule has 2 saturated carbocycles. The first-order valence-electron chi connectivity index (χ1n) is 16.3. The Morgan fingerprint density at radius 1 is 0.889 bits per heavy atom. The molecule has 3 fully saturated rings. The maximum absolute atomic E-state index is 14.1. The van der Waals surface area contributed by atoms with Gasteiger partial charge in [-0.05, 0) is 67.6 Å². The van der Waals surface area contributed by atoms with E-state index >= 15 is 0 Å². The Morgan fingerprint density at radius 2 is 1.56 bits per heavy atom. The number of hydrogen-bond donors (Lipinski definition) is 1. The Bertz CT molecular complexity index is 1470. The zero-order chi connectivity index (χ0) is 32.1. The second-order valence-corrected chi connectivity index (χ2v) is 15.2. The van der Waals surface area contributed by atoms with Crippen molar-refractivity contribution >= 4 is 27.3 Å². The van der Waals surface area contributed by atoms with Crippen molar-refractivity contribution in [3.05, 3.63) is 65.5 Å². The molecular weight excluding hydrogens is 598 g/mol. The highest BCUT2D eigenvalue weighted by Gasteiger charge is 2.46. The van der Waals surface area contributed by atoms with E-state index < -0.39 is 50.8 Å². The lowest BCUT2D eigenvalue weighted by atomic mass is 9.75. The van der Waals surface area contributed by atoms with Gasteiger partial charge < -0.3 is 10.6 Å². The van der Waals surface area contributed by atoms with Crippen LogP contribution in [0.5, 0.6) is 0 Å². The monoisotopic (exact) mass is 642 g/mol. The predicted octanol–water partition coefficient (Wildman–Crippen LogP) is 5.49. The second-order valence-electron chi connectivity index (χ2n) is 13.2. The molecule has 0 aromatic heterocycles. The third-order valence-corrected chi connectivity index (χ3v) is 12.0. The number of benzene rings is 2. The van der Waals surface area contributed by atoms with Gasteiger partial charge in [0.05, 0.1) is 6.04 Å². The molecule has 2 aromatic rings. The number of rotatable bonds is 11. The minimum Gasteiger partial charge on any atom is -0.332 e. The molecule has 0 spiro atoms. The average molecular weight is 643 g/mol. The van der Waals surface area contributed by atoms with Crippen molar-refractivity contribution in [2.45, 2.75) is 87.6 Å². The first kappa shape index (κ1) is 33.4. The number of nitrogens with two attached hydrogens (primary N) is 1. The molecule has 2 aliphatic carbocycles. The molecule has 2 aromatic carbocycles. The standard InChI is InChI=1S/C35H44F2N2O5S/c36-21-30(38)25-14-16-27(17-15-25)35(42)39-19-18-28(24-6-2-1-3-7-24)34(39)31(40)20-23-10-12-26(13-11-23)32(41)22-45(43,44)33-9-5-4-8-29(33)37/h4-5,8-13,24-25,27-28,30,34H,1-3,6-7,14-22,38H2/t25?,27?,28-,30+,34-/m0/s1. The van der Waals surface area contributed by atoms with E-state index in [0.29, 0.717) is 43.7 Å². The lowest BCUT2D eigenvalue weighted by molar-refractivity contribution is -0.143. The van der Waals surface area contributed by atoms with Crippen LogP contribution in [0.25, 0.3) is 0 Å². The fourth-order valence-corrected chi connectivity index (χ4v) is 9.15. The molecule has 2 N–H and O–H groups in total. The maximum Gasteiger partial charge on any atom is 0.226 e. The zero-order valence-corrected chi connectivity index (χ0v) is 26.5. The van der Waals surface area contributed by atoms with Gasteiger partial charge in [-0.25, -0.2) is 17.2 Å². The van der Waals surface area contributed by atoms with Crippen molar-refractivity contribution in [3.8, 4) is 0 Å². The van der Waals surface area contributed by atoms with Gasteiger partial charge >= 0.3 is 0 Å². The Labute approximate surface area is 264 Å². The van der Waals surface area contributed by atoms with E-state index in [4.69, 9.17) is 5.73 Å². The molecular formula is C35H44F2N2O5S. The fraction of sp³-hybridized carbons (Fsp3) is 0.571. The number of ketones is 2. The number of halogens is 2. The van der Waals surface area contributed by atoms with Crippen LogP contribution in [-0.2, 0) is 25.8 Å². The number of carbonyl (C=O) groups is 3. The van der Waals surface area contributed by atoms with Gasteiger partial charge in [0.15, 0.2) is 21.4 Å². The minimum absolute atomic E-state index is 0.0224. The molecule has 1 heterocycles. The molecule has 1 amide bonds. The summed E-state index contributed by atoms with van der Waals surface area (Å²) in [5.41, 5.74) is 6.77. The summed E-state index contributed by atoms with van der Waals surface area (Å²) in [4.78, 5) is 42.0. The largest absolute Gasteiger partial charge is 0.332 e. The molecule has 7 nitrogen and oxygen atoms in total. The number of hydrogen-bond acceptors (Lipinski definition) is 6. The summed E-state index contributed by atoms with van der Waals surface area (Å²) in [7, 11) is -4.17. The number of nitrogens with zero attached hydrogens (tertiary/aromatic N) is 1. The summed E-state index contributed by atoms with van der Waals surface area (Å²) in [6.07, 6.45) is 9.24. The summed E-state index contributed by atoms with van der Waals surface area (Å²) in [5.74, 6) is -2.01. The van der Waals surface area contributed by atoms with Gasteiger partial charge in [0.1, 0.15) is 23.1 Å². The Kier molecular flexibility index (Phi) is 10.9. The summed E-state index contributed by atoms with van der Waals surface area (Å²) in [6.45, 7) is 0.00120. The first-order valence-corrected chi connectivity index (χ1v) is 18.0. The Morgan fingerprint density at radius 3 is 2.20 bits per heavy atom. The minimum atomic E-state index is -4.17. The Hall–Kier alpha value is -2.98. The van der Waals surface area contributed by atoms with Crippen LogP contribution < -0.4 is 5.73 Å². The second kappa shape index (κ2) is 14.6. The van der Waals surface area contributed by atoms with Crippen LogP contribution in [0.4, 0.5) is 8.78 Å². The predicted molar refractivity (Wildman–Crippen MR) is 168 cm³/mol. The molecule has 45 heavy (non-hydrogen) atoms. The molecule has 1 aliphatic heterocycles. The third-order valence-electron chi connectivity index (χ3n) is 10.4. The molecule has 0 radical (unpaired) electrons. The number of Topliss-reactive ketones (excluding diaryl/α,β-unsaturated/α-hetero) is 2. The van der Waals surface area contributed by atoms with Gasteiger partial charge in [-0.2, -0.15) is 0 Å². The van der Waals surface area contributed by atoms with E-state index in [1.165, 1.54) is 30.7 Å². The summed E-state index contributed by atoms with van der Waals surface area (Å²) >= 11 is 0. The van der Waals surface area contributed by atoms with E-state index in [1.54, 1.807) is 12.1 Å². The zero-order valence-electron chi connectivity index (χ0n) is 25.7. The first-order chi connectivity index (χ1) is 21.6. The van der Waals surface area contributed by atoms with Crippen LogP contribution in [0.3, 0.4) is 0 Å². The van der Waals surface area contributed by atoms with E-state index in [-0.39, 0.29) is 41.4 Å². The molecule has 10 heteroatoms. The van der Waals surface area contributed by atoms with Gasteiger partial charge in [-0.1, -0.05) is 68.5 Å².